The number of rotatable bonds is 10. The van der Waals surface area contributed by atoms with E-state index in [0.29, 0.717) is 0 Å². The van der Waals surface area contributed by atoms with E-state index in [1.165, 1.54) is 55.6 Å². The summed E-state index contributed by atoms with van der Waals surface area (Å²) in [7, 11) is 3.58. The second kappa shape index (κ2) is 11.3. The molecule has 0 amide bonds. The smallest absolute Gasteiger partial charge is 0.122 e. The number of aryl methyl sites for hydroxylation is 4. The van der Waals surface area contributed by atoms with Gasteiger partial charge < -0.3 is 9.47 Å². The SMILES string of the molecule is CCCCc1cc(C2(c3ccc(OC)c(CCCC)c3)c3cc(C)ccc3-c3ccc(C)cc32)ccc1OC. The zero-order valence-corrected chi connectivity index (χ0v) is 24.5. The molecule has 0 bridgehead atoms. The van der Waals surface area contributed by atoms with Gasteiger partial charge in [0, 0.05) is 0 Å². The van der Waals surface area contributed by atoms with Gasteiger partial charge >= 0.3 is 0 Å². The van der Waals surface area contributed by atoms with Crippen LogP contribution in [-0.4, -0.2) is 14.2 Å². The summed E-state index contributed by atoms with van der Waals surface area (Å²) >= 11 is 0. The van der Waals surface area contributed by atoms with Crippen molar-refractivity contribution in [3.8, 4) is 22.6 Å². The molecule has 0 aromatic heterocycles. The standard InChI is InChI=1S/C37H42O2/c1-7-9-11-27-23-29(15-19-35(27)38-5)37(30-16-20-36(39-6)28(24-30)12-10-8-2)33-21-25(3)13-17-31(33)32-18-14-26(4)22-34(32)37/h13-24H,7-12H2,1-6H3. The topological polar surface area (TPSA) is 18.5 Å². The monoisotopic (exact) mass is 518 g/mol. The van der Waals surface area contributed by atoms with Crippen LogP contribution in [0.25, 0.3) is 11.1 Å². The second-order valence-electron chi connectivity index (χ2n) is 11.1. The molecular formula is C37H42O2. The number of fused-ring (bicyclic) bond motifs is 3. The fraction of sp³-hybridized carbons (Fsp3) is 0.351. The molecule has 0 atom stereocenters. The van der Waals surface area contributed by atoms with E-state index in [-0.39, 0.29) is 0 Å². The molecule has 0 fully saturated rings. The lowest BCUT2D eigenvalue weighted by Crippen LogP contribution is -2.29. The highest BCUT2D eigenvalue weighted by Gasteiger charge is 2.46. The lowest BCUT2D eigenvalue weighted by Gasteiger charge is -2.35. The average molecular weight is 519 g/mol. The Morgan fingerprint density at radius 3 is 1.38 bits per heavy atom. The zero-order chi connectivity index (χ0) is 27.6. The molecule has 0 N–H and O–H groups in total. The van der Waals surface area contributed by atoms with Gasteiger partial charge in [-0.25, -0.2) is 0 Å². The number of methoxy groups -OCH3 is 2. The Balaban J connectivity index is 1.89. The van der Waals surface area contributed by atoms with E-state index in [4.69, 9.17) is 9.47 Å². The van der Waals surface area contributed by atoms with E-state index in [0.717, 1.165) is 50.0 Å². The molecule has 0 saturated carbocycles. The Labute approximate surface area is 235 Å². The highest BCUT2D eigenvalue weighted by atomic mass is 16.5. The minimum absolute atomic E-state index is 0.427. The number of hydrogen-bond donors (Lipinski definition) is 0. The minimum atomic E-state index is -0.427. The number of ether oxygens (including phenoxy) is 2. The molecule has 5 rings (SSSR count). The minimum Gasteiger partial charge on any atom is -0.496 e. The van der Waals surface area contributed by atoms with E-state index in [1.54, 1.807) is 14.2 Å². The summed E-state index contributed by atoms with van der Waals surface area (Å²) in [6, 6.07) is 27.8. The van der Waals surface area contributed by atoms with E-state index in [2.05, 4.69) is 100 Å². The number of hydrogen-bond acceptors (Lipinski definition) is 2. The Morgan fingerprint density at radius 1 is 0.564 bits per heavy atom. The summed E-state index contributed by atoms with van der Waals surface area (Å²) in [4.78, 5) is 0. The molecule has 39 heavy (non-hydrogen) atoms. The number of benzene rings is 4. The molecule has 4 aromatic rings. The molecule has 1 aliphatic carbocycles. The predicted molar refractivity (Wildman–Crippen MR) is 164 cm³/mol. The van der Waals surface area contributed by atoms with Crippen LogP contribution in [0.4, 0.5) is 0 Å². The van der Waals surface area contributed by atoms with Crippen LogP contribution >= 0.6 is 0 Å². The highest BCUT2D eigenvalue weighted by Crippen LogP contribution is 2.57. The summed E-state index contributed by atoms with van der Waals surface area (Å²) < 4.78 is 11.7. The van der Waals surface area contributed by atoms with E-state index >= 15 is 0 Å². The third-order valence-electron chi connectivity index (χ3n) is 8.47. The van der Waals surface area contributed by atoms with Crippen LogP contribution in [0, 0.1) is 13.8 Å². The van der Waals surface area contributed by atoms with Crippen LogP contribution in [0.2, 0.25) is 0 Å². The molecule has 2 heteroatoms. The Bertz CT molecular complexity index is 1370. The van der Waals surface area contributed by atoms with Gasteiger partial charge in [-0.2, -0.15) is 0 Å². The summed E-state index contributed by atoms with van der Waals surface area (Å²) in [5.41, 5.74) is 12.7. The van der Waals surface area contributed by atoms with Gasteiger partial charge in [-0.3, -0.25) is 0 Å². The summed E-state index contributed by atoms with van der Waals surface area (Å²) in [6.07, 6.45) is 6.61. The van der Waals surface area contributed by atoms with Gasteiger partial charge in [0.25, 0.3) is 0 Å². The quantitative estimate of drug-likeness (QED) is 0.183. The fourth-order valence-corrected chi connectivity index (χ4v) is 6.49. The van der Waals surface area contributed by atoms with Crippen LogP contribution < -0.4 is 9.47 Å². The van der Waals surface area contributed by atoms with Crippen molar-refractivity contribution in [2.45, 2.75) is 71.6 Å². The first kappa shape index (κ1) is 27.1. The van der Waals surface area contributed by atoms with Gasteiger partial charge in [-0.05, 0) is 96.2 Å². The van der Waals surface area contributed by atoms with Crippen LogP contribution in [0.1, 0.15) is 84.0 Å². The Morgan fingerprint density at radius 2 is 1.00 bits per heavy atom. The van der Waals surface area contributed by atoms with Crippen LogP contribution in [-0.2, 0) is 18.3 Å². The van der Waals surface area contributed by atoms with Gasteiger partial charge in [0.1, 0.15) is 11.5 Å². The zero-order valence-electron chi connectivity index (χ0n) is 24.5. The molecule has 202 valence electrons. The molecule has 1 aliphatic rings. The molecule has 2 nitrogen and oxygen atoms in total. The maximum absolute atomic E-state index is 5.85. The van der Waals surface area contributed by atoms with Crippen molar-refractivity contribution in [1.82, 2.24) is 0 Å². The van der Waals surface area contributed by atoms with Gasteiger partial charge in [0.05, 0.1) is 19.6 Å². The van der Waals surface area contributed by atoms with Gasteiger partial charge in [-0.15, -0.1) is 0 Å². The van der Waals surface area contributed by atoms with Crippen LogP contribution in [0.3, 0.4) is 0 Å². The van der Waals surface area contributed by atoms with Crippen LogP contribution in [0.5, 0.6) is 11.5 Å². The summed E-state index contributed by atoms with van der Waals surface area (Å²) in [5, 5.41) is 0. The molecule has 0 aliphatic heterocycles. The normalized spacial score (nSPS) is 13.2. The molecule has 0 heterocycles. The van der Waals surface area contributed by atoms with Crippen molar-refractivity contribution in [1.29, 1.82) is 0 Å². The Kier molecular flexibility index (Phi) is 7.84. The lowest BCUT2D eigenvalue weighted by atomic mass is 9.66. The number of unbranched alkanes of at least 4 members (excludes halogenated alkanes) is 2. The van der Waals surface area contributed by atoms with Gasteiger partial charge in [0.2, 0.25) is 0 Å². The average Bonchev–Trinajstić information content (AvgIpc) is 3.23. The first-order valence-electron chi connectivity index (χ1n) is 14.5. The van der Waals surface area contributed by atoms with Crippen molar-refractivity contribution >= 4 is 0 Å². The molecule has 0 unspecified atom stereocenters. The lowest BCUT2D eigenvalue weighted by molar-refractivity contribution is 0.408. The fourth-order valence-electron chi connectivity index (χ4n) is 6.49. The molecule has 4 aromatic carbocycles. The maximum Gasteiger partial charge on any atom is 0.122 e. The molecule has 0 radical (unpaired) electrons. The first-order chi connectivity index (χ1) is 19.0. The molecule has 0 saturated heterocycles. The van der Waals surface area contributed by atoms with Crippen molar-refractivity contribution in [2.24, 2.45) is 0 Å². The van der Waals surface area contributed by atoms with Crippen molar-refractivity contribution in [3.05, 3.63) is 117 Å². The van der Waals surface area contributed by atoms with Gasteiger partial charge in [0.15, 0.2) is 0 Å². The second-order valence-corrected chi connectivity index (χ2v) is 11.1. The van der Waals surface area contributed by atoms with Crippen molar-refractivity contribution in [3.63, 3.8) is 0 Å². The van der Waals surface area contributed by atoms with Crippen molar-refractivity contribution < 1.29 is 9.47 Å². The summed E-state index contributed by atoms with van der Waals surface area (Å²) in [6.45, 7) is 8.92. The third kappa shape index (κ3) is 4.65. The Hall–Kier alpha value is -3.52. The summed E-state index contributed by atoms with van der Waals surface area (Å²) in [5.74, 6) is 1.96. The maximum atomic E-state index is 5.85. The first-order valence-corrected chi connectivity index (χ1v) is 14.5. The van der Waals surface area contributed by atoms with Crippen LogP contribution in [0.15, 0.2) is 72.8 Å². The molecular weight excluding hydrogens is 476 g/mol. The highest BCUT2D eigenvalue weighted by molar-refractivity contribution is 5.87. The van der Waals surface area contributed by atoms with Crippen molar-refractivity contribution in [2.75, 3.05) is 14.2 Å². The largest absolute Gasteiger partial charge is 0.496 e. The van der Waals surface area contributed by atoms with E-state index in [1.807, 2.05) is 0 Å². The molecule has 0 spiro atoms. The van der Waals surface area contributed by atoms with Gasteiger partial charge in [-0.1, -0.05) is 98.5 Å². The van der Waals surface area contributed by atoms with E-state index < -0.39 is 5.41 Å². The predicted octanol–water partition coefficient (Wildman–Crippen LogP) is 9.37. The third-order valence-corrected chi connectivity index (χ3v) is 8.47. The van der Waals surface area contributed by atoms with E-state index in [9.17, 15) is 0 Å².